The second kappa shape index (κ2) is 82.6. The molecule has 2 unspecified atom stereocenters. The fraction of sp³-hybridized carbons (Fsp3) is 0.591. The van der Waals surface area contributed by atoms with Gasteiger partial charge in [-0.1, -0.05) is 331 Å². The van der Waals surface area contributed by atoms with Crippen LogP contribution < -0.4 is 0 Å². The van der Waals surface area contributed by atoms with Crippen LogP contribution in [-0.2, 0) is 65.4 Å². The minimum absolute atomic E-state index is 0.0388. The smallest absolute Gasteiger partial charge is 0.462 e. The number of phosphoric acid groups is 2. The van der Waals surface area contributed by atoms with E-state index in [0.717, 1.165) is 141 Å². The number of esters is 4. The van der Waals surface area contributed by atoms with Crippen LogP contribution in [0.2, 0.25) is 0 Å². The Kier molecular flexibility index (Phi) is 77.9. The Hall–Kier alpha value is -6.36. The number of phosphoric ester groups is 2. The van der Waals surface area contributed by atoms with Gasteiger partial charge in [-0.2, -0.15) is 0 Å². The van der Waals surface area contributed by atoms with E-state index in [9.17, 15) is 43.2 Å². The first kappa shape index (κ1) is 106. The summed E-state index contributed by atoms with van der Waals surface area (Å²) in [5.41, 5.74) is 0. The number of carbonyl (C=O) groups excluding carboxylic acids is 4. The van der Waals surface area contributed by atoms with Gasteiger partial charge in [0.15, 0.2) is 12.2 Å². The van der Waals surface area contributed by atoms with Crippen LogP contribution in [0, 0.1) is 0 Å². The number of hydrogen-bond donors (Lipinski definition) is 3. The van der Waals surface area contributed by atoms with E-state index in [1.54, 1.807) is 0 Å². The van der Waals surface area contributed by atoms with Crippen LogP contribution in [0.15, 0.2) is 207 Å². The Morgan fingerprint density at radius 3 is 0.750 bits per heavy atom. The molecule has 0 aliphatic carbocycles. The van der Waals surface area contributed by atoms with Crippen molar-refractivity contribution in [2.75, 3.05) is 39.6 Å². The third kappa shape index (κ3) is 81.6. The lowest BCUT2D eigenvalue weighted by molar-refractivity contribution is -0.161. The number of hydrogen-bond acceptors (Lipinski definition) is 15. The normalized spacial score (nSPS) is 14.8. The summed E-state index contributed by atoms with van der Waals surface area (Å²) in [7, 11) is -10.0. The van der Waals surface area contributed by atoms with E-state index < -0.39 is 97.5 Å². The highest BCUT2D eigenvalue weighted by Gasteiger charge is 2.30. The van der Waals surface area contributed by atoms with Crippen molar-refractivity contribution in [2.24, 2.45) is 0 Å². The molecule has 3 N–H and O–H groups in total. The van der Waals surface area contributed by atoms with Crippen molar-refractivity contribution in [3.63, 3.8) is 0 Å². The average Bonchev–Trinajstić information content (AvgIpc) is 0.907. The molecule has 0 heterocycles. The molecule has 17 nitrogen and oxygen atoms in total. The molecule has 0 spiro atoms. The zero-order valence-electron chi connectivity index (χ0n) is 69.3. The summed E-state index contributed by atoms with van der Waals surface area (Å²) in [6, 6.07) is 0. The largest absolute Gasteiger partial charge is 0.472 e. The van der Waals surface area contributed by atoms with Gasteiger partial charge < -0.3 is 33.8 Å². The molecule has 0 aliphatic rings. The minimum atomic E-state index is -5.03. The summed E-state index contributed by atoms with van der Waals surface area (Å²) < 4.78 is 68.6. The number of unbranched alkanes of at least 4 members (excludes halogenated alkanes) is 17. The predicted octanol–water partition coefficient (Wildman–Crippen LogP) is 25.4. The van der Waals surface area contributed by atoms with Gasteiger partial charge in [0.2, 0.25) is 0 Å². The minimum Gasteiger partial charge on any atom is -0.462 e. The number of rotatable bonds is 77. The van der Waals surface area contributed by atoms with Crippen molar-refractivity contribution in [3.05, 3.63) is 207 Å². The molecular weight excluding hydrogens is 1450 g/mol. The molecule has 5 atom stereocenters. The van der Waals surface area contributed by atoms with Gasteiger partial charge in [0.05, 0.1) is 26.4 Å². The molecule has 0 rings (SSSR count). The van der Waals surface area contributed by atoms with Crippen molar-refractivity contribution in [1.82, 2.24) is 0 Å². The zero-order valence-corrected chi connectivity index (χ0v) is 71.0. The third-order valence-corrected chi connectivity index (χ3v) is 18.7. The van der Waals surface area contributed by atoms with Crippen molar-refractivity contribution in [3.8, 4) is 0 Å². The third-order valence-electron chi connectivity index (χ3n) is 16.8. The predicted molar refractivity (Wildman–Crippen MR) is 463 cm³/mol. The van der Waals surface area contributed by atoms with E-state index in [-0.39, 0.29) is 25.7 Å². The van der Waals surface area contributed by atoms with Gasteiger partial charge in [-0.15, -0.1) is 0 Å². The summed E-state index contributed by atoms with van der Waals surface area (Å²) in [4.78, 5) is 73.2. The van der Waals surface area contributed by atoms with Gasteiger partial charge in [-0.3, -0.25) is 37.3 Å². The van der Waals surface area contributed by atoms with Crippen LogP contribution in [0.25, 0.3) is 0 Å². The van der Waals surface area contributed by atoms with Crippen LogP contribution in [0.3, 0.4) is 0 Å². The highest BCUT2D eigenvalue weighted by Crippen LogP contribution is 2.45. The van der Waals surface area contributed by atoms with Gasteiger partial charge in [-0.25, -0.2) is 9.13 Å². The highest BCUT2D eigenvalue weighted by atomic mass is 31.2. The van der Waals surface area contributed by atoms with Crippen molar-refractivity contribution in [2.45, 2.75) is 316 Å². The molecule has 0 fully saturated rings. The Morgan fingerprint density at radius 2 is 0.482 bits per heavy atom. The SMILES string of the molecule is CC/C=C\C/C=C\C/C=C\C/C=C\C/C=C\C/C=C\CCC(=O)O[C@H](COC(=O)CCCCC/C=C\C/C=C\C/C=C\C/C=C\C/C=C\CC)COP(=O)(O)OC[C@@H](O)COP(=O)(O)OC[C@@H](COC(=O)CCCCCCCCCCCCCCCCC)OC(=O)CC/C=C\C/C=C\C/C=C\C/C=C\C/C=C\C/C=C\CC. The Bertz CT molecular complexity index is 2940. The Labute approximate surface area is 678 Å². The van der Waals surface area contributed by atoms with Gasteiger partial charge in [0.1, 0.15) is 19.3 Å². The van der Waals surface area contributed by atoms with Crippen molar-refractivity contribution in [1.29, 1.82) is 0 Å². The fourth-order valence-corrected chi connectivity index (χ4v) is 12.1. The molecule has 0 aliphatic heterocycles. The van der Waals surface area contributed by atoms with E-state index in [1.807, 2.05) is 36.5 Å². The standard InChI is InChI=1S/C93H148O17P2/c1-5-9-13-17-21-25-29-33-37-40-43-46-50-54-58-62-66-70-74-78-91(96)104-84-89(110-93(98)80-76-72-68-64-60-56-52-48-45-42-39-35-31-27-23-19-15-11-7-3)86-108-112(101,102)106-82-87(94)81-105-111(99,100)107-85-88(83-103-90(95)77-73-69-65-61-57-53-49-36-32-28-24-20-16-12-8-4)109-92(97)79-75-71-67-63-59-55-51-47-44-41-38-34-30-26-22-18-14-10-6-2/h9-11,13-15,21-23,25-27,33-35,37-39,43-48,54-56,58-60,67-68,71-72,87-89,94H,5-8,12,16-20,24,28-32,36,40-42,49-53,57,61-66,69-70,73-86H2,1-4H3,(H,99,100)(H,101,102)/b13-9-,14-10-,15-11-,25-21-,26-22-,27-23-,37-33-,38-34-,39-35-,46-43-,47-44-,48-45-,58-54-,59-55-,60-56-,71-67-,72-68-/t87-,88+,89+/m0/s1. The Morgan fingerprint density at radius 1 is 0.259 bits per heavy atom. The second-order valence-corrected chi connectivity index (χ2v) is 30.2. The van der Waals surface area contributed by atoms with E-state index in [1.165, 1.54) is 64.2 Å². The van der Waals surface area contributed by atoms with Gasteiger partial charge in [0.25, 0.3) is 0 Å². The number of aliphatic hydroxyl groups is 1. The van der Waals surface area contributed by atoms with Crippen molar-refractivity contribution < 1.29 is 80.2 Å². The molecule has 112 heavy (non-hydrogen) atoms. The zero-order chi connectivity index (χ0) is 81.7. The first-order valence-corrected chi connectivity index (χ1v) is 45.3. The Balaban J connectivity index is 5.57. The van der Waals surface area contributed by atoms with Gasteiger partial charge in [-0.05, 0) is 148 Å². The quantitative estimate of drug-likeness (QED) is 0.0169. The van der Waals surface area contributed by atoms with Crippen LogP contribution in [0.1, 0.15) is 297 Å². The van der Waals surface area contributed by atoms with Crippen molar-refractivity contribution >= 4 is 39.5 Å². The van der Waals surface area contributed by atoms with Gasteiger partial charge in [0, 0.05) is 25.7 Å². The lowest BCUT2D eigenvalue weighted by atomic mass is 10.0. The lowest BCUT2D eigenvalue weighted by Gasteiger charge is -2.21. The van der Waals surface area contributed by atoms with Gasteiger partial charge >= 0.3 is 39.5 Å². The summed E-state index contributed by atoms with van der Waals surface area (Å²) in [6.45, 7) is 4.32. The molecule has 19 heteroatoms. The molecule has 632 valence electrons. The van der Waals surface area contributed by atoms with Crippen LogP contribution in [-0.4, -0.2) is 96.7 Å². The number of allylic oxidation sites excluding steroid dienone is 34. The summed E-state index contributed by atoms with van der Waals surface area (Å²) in [6.07, 6.45) is 104. The maximum Gasteiger partial charge on any atom is 0.472 e. The fourth-order valence-electron chi connectivity index (χ4n) is 10.5. The molecule has 0 aromatic heterocycles. The monoisotopic (exact) mass is 1600 g/mol. The molecule has 0 aromatic rings. The van der Waals surface area contributed by atoms with Crippen LogP contribution in [0.4, 0.5) is 0 Å². The number of carbonyl (C=O) groups is 4. The second-order valence-electron chi connectivity index (χ2n) is 27.3. The van der Waals surface area contributed by atoms with Crippen LogP contribution >= 0.6 is 15.6 Å². The lowest BCUT2D eigenvalue weighted by Crippen LogP contribution is -2.30. The summed E-state index contributed by atoms with van der Waals surface area (Å²) in [5, 5.41) is 10.7. The summed E-state index contributed by atoms with van der Waals surface area (Å²) in [5.74, 6) is -2.42. The van der Waals surface area contributed by atoms with E-state index in [2.05, 4.69) is 198 Å². The van der Waals surface area contributed by atoms with Crippen LogP contribution in [0.5, 0.6) is 0 Å². The maximum absolute atomic E-state index is 13.1. The topological polar surface area (TPSA) is 237 Å². The molecule has 0 saturated heterocycles. The van der Waals surface area contributed by atoms with E-state index >= 15 is 0 Å². The average molecular weight is 1600 g/mol. The molecule has 0 amide bonds. The molecule has 0 bridgehead atoms. The first-order chi connectivity index (χ1) is 54.7. The first-order valence-electron chi connectivity index (χ1n) is 42.3. The molecule has 0 radical (unpaired) electrons. The molecular formula is C93H148O17P2. The molecule has 0 aromatic carbocycles. The number of ether oxygens (including phenoxy) is 4. The highest BCUT2D eigenvalue weighted by molar-refractivity contribution is 7.47. The molecule has 0 saturated carbocycles. The number of aliphatic hydroxyl groups excluding tert-OH is 1. The van der Waals surface area contributed by atoms with E-state index in [0.29, 0.717) is 38.5 Å². The maximum atomic E-state index is 13.1. The van der Waals surface area contributed by atoms with E-state index in [4.69, 9.17) is 37.0 Å². The summed E-state index contributed by atoms with van der Waals surface area (Å²) >= 11 is 0.